The highest BCUT2D eigenvalue weighted by molar-refractivity contribution is 5.91. The summed E-state index contributed by atoms with van der Waals surface area (Å²) in [5.41, 5.74) is 3.12. The van der Waals surface area contributed by atoms with Crippen molar-refractivity contribution in [3.63, 3.8) is 0 Å². The number of hydrogen-bond donors (Lipinski definition) is 1. The van der Waals surface area contributed by atoms with Crippen LogP contribution in [-0.2, 0) is 0 Å². The minimum atomic E-state index is -0.983. The fourth-order valence-electron chi connectivity index (χ4n) is 1.98. The fraction of sp³-hybridized carbons (Fsp3) is 0.188. The van der Waals surface area contributed by atoms with Gasteiger partial charge in [0.2, 0.25) is 0 Å². The van der Waals surface area contributed by atoms with Crippen LogP contribution in [0.1, 0.15) is 27.0 Å². The summed E-state index contributed by atoms with van der Waals surface area (Å²) in [6, 6.07) is 10.9. The number of carboxylic acid groups (broad SMARTS) is 1. The van der Waals surface area contributed by atoms with Crippen LogP contribution in [-0.4, -0.2) is 11.1 Å². The van der Waals surface area contributed by atoms with Crippen molar-refractivity contribution < 1.29 is 14.6 Å². The highest BCUT2D eigenvalue weighted by atomic mass is 16.5. The number of carbonyl (C=O) groups is 1. The molecule has 3 heteroatoms. The van der Waals surface area contributed by atoms with Crippen LogP contribution in [0.2, 0.25) is 0 Å². The lowest BCUT2D eigenvalue weighted by Crippen LogP contribution is -2.02. The molecule has 19 heavy (non-hydrogen) atoms. The molecule has 0 spiro atoms. The van der Waals surface area contributed by atoms with E-state index >= 15 is 0 Å². The van der Waals surface area contributed by atoms with Crippen LogP contribution >= 0.6 is 0 Å². The smallest absolute Gasteiger partial charge is 0.339 e. The third-order valence-corrected chi connectivity index (χ3v) is 2.98. The van der Waals surface area contributed by atoms with E-state index in [0.29, 0.717) is 11.5 Å². The predicted molar refractivity (Wildman–Crippen MR) is 74.1 cm³/mol. The molecule has 0 heterocycles. The van der Waals surface area contributed by atoms with E-state index in [4.69, 9.17) is 4.74 Å². The lowest BCUT2D eigenvalue weighted by atomic mass is 10.1. The summed E-state index contributed by atoms with van der Waals surface area (Å²) in [6.45, 7) is 5.79. The van der Waals surface area contributed by atoms with Gasteiger partial charge in [-0.1, -0.05) is 29.8 Å². The average molecular weight is 256 g/mol. The number of rotatable bonds is 3. The normalized spacial score (nSPS) is 10.3. The van der Waals surface area contributed by atoms with E-state index in [1.807, 2.05) is 45.0 Å². The molecule has 0 aliphatic heterocycles. The third kappa shape index (κ3) is 2.76. The van der Waals surface area contributed by atoms with Gasteiger partial charge in [-0.3, -0.25) is 0 Å². The number of benzene rings is 2. The topological polar surface area (TPSA) is 46.5 Å². The fourth-order valence-corrected chi connectivity index (χ4v) is 1.98. The minimum Gasteiger partial charge on any atom is -0.478 e. The van der Waals surface area contributed by atoms with Crippen molar-refractivity contribution in [3.8, 4) is 11.5 Å². The molecule has 0 aliphatic carbocycles. The number of hydrogen-bond acceptors (Lipinski definition) is 2. The Morgan fingerprint density at radius 3 is 2.42 bits per heavy atom. The molecule has 0 unspecified atom stereocenters. The summed E-state index contributed by atoms with van der Waals surface area (Å²) >= 11 is 0. The van der Waals surface area contributed by atoms with E-state index in [1.54, 1.807) is 12.1 Å². The van der Waals surface area contributed by atoms with Crippen LogP contribution in [0.5, 0.6) is 11.5 Å². The van der Waals surface area contributed by atoms with Gasteiger partial charge in [0.05, 0.1) is 0 Å². The molecule has 2 aromatic carbocycles. The predicted octanol–water partition coefficient (Wildman–Crippen LogP) is 4.10. The van der Waals surface area contributed by atoms with Crippen LogP contribution in [0.4, 0.5) is 0 Å². The Morgan fingerprint density at radius 2 is 1.79 bits per heavy atom. The Labute approximate surface area is 112 Å². The number of para-hydroxylation sites is 1. The van der Waals surface area contributed by atoms with Crippen molar-refractivity contribution in [2.24, 2.45) is 0 Å². The first-order chi connectivity index (χ1) is 8.99. The SMILES string of the molecule is Cc1ccc(Oc2c(C)cccc2C(=O)O)c(C)c1. The lowest BCUT2D eigenvalue weighted by Gasteiger charge is -2.13. The Kier molecular flexibility index (Phi) is 3.56. The molecule has 0 aromatic heterocycles. The zero-order valence-electron chi connectivity index (χ0n) is 11.2. The van der Waals surface area contributed by atoms with Crippen LogP contribution in [0.15, 0.2) is 36.4 Å². The number of carboxylic acids is 1. The Hall–Kier alpha value is -2.29. The van der Waals surface area contributed by atoms with E-state index < -0.39 is 5.97 Å². The van der Waals surface area contributed by atoms with Crippen LogP contribution in [0.3, 0.4) is 0 Å². The molecule has 2 rings (SSSR count). The molecule has 0 atom stereocenters. The van der Waals surface area contributed by atoms with E-state index in [0.717, 1.165) is 16.7 Å². The summed E-state index contributed by atoms with van der Waals surface area (Å²) in [4.78, 5) is 11.2. The minimum absolute atomic E-state index is 0.181. The van der Waals surface area contributed by atoms with Gasteiger partial charge in [0.15, 0.2) is 0 Å². The lowest BCUT2D eigenvalue weighted by molar-refractivity contribution is 0.0694. The van der Waals surface area contributed by atoms with Gasteiger partial charge in [0.1, 0.15) is 17.1 Å². The summed E-state index contributed by atoms with van der Waals surface area (Å²) in [6.07, 6.45) is 0. The monoisotopic (exact) mass is 256 g/mol. The Morgan fingerprint density at radius 1 is 1.05 bits per heavy atom. The van der Waals surface area contributed by atoms with Gasteiger partial charge in [-0.25, -0.2) is 4.79 Å². The summed E-state index contributed by atoms with van der Waals surface area (Å²) < 4.78 is 5.81. The molecular weight excluding hydrogens is 240 g/mol. The molecule has 3 nitrogen and oxygen atoms in total. The van der Waals surface area contributed by atoms with E-state index in [1.165, 1.54) is 0 Å². The van der Waals surface area contributed by atoms with Crippen molar-refractivity contribution in [2.45, 2.75) is 20.8 Å². The summed E-state index contributed by atoms with van der Waals surface area (Å²) in [7, 11) is 0. The van der Waals surface area contributed by atoms with Gasteiger partial charge in [-0.2, -0.15) is 0 Å². The van der Waals surface area contributed by atoms with Gasteiger partial charge in [-0.15, -0.1) is 0 Å². The van der Waals surface area contributed by atoms with Crippen LogP contribution in [0, 0.1) is 20.8 Å². The third-order valence-electron chi connectivity index (χ3n) is 2.98. The Balaban J connectivity index is 2.46. The molecule has 98 valence electrons. The maximum atomic E-state index is 11.2. The standard InChI is InChI=1S/C16H16O3/c1-10-7-8-14(12(3)9-10)19-15-11(2)5-4-6-13(15)16(17)18/h4-9H,1-3H3,(H,17,18). The van der Waals surface area contributed by atoms with Crippen LogP contribution in [0.25, 0.3) is 0 Å². The molecule has 0 fully saturated rings. The largest absolute Gasteiger partial charge is 0.478 e. The Bertz CT molecular complexity index is 630. The second-order valence-electron chi connectivity index (χ2n) is 4.63. The summed E-state index contributed by atoms with van der Waals surface area (Å²) in [5, 5.41) is 9.20. The number of ether oxygens (including phenoxy) is 1. The first kappa shape index (κ1) is 13.1. The average Bonchev–Trinajstić information content (AvgIpc) is 2.34. The zero-order valence-corrected chi connectivity index (χ0v) is 11.2. The van der Waals surface area contributed by atoms with Gasteiger partial charge in [0.25, 0.3) is 0 Å². The quantitative estimate of drug-likeness (QED) is 0.899. The van der Waals surface area contributed by atoms with Gasteiger partial charge < -0.3 is 9.84 Å². The van der Waals surface area contributed by atoms with Gasteiger partial charge >= 0.3 is 5.97 Å². The highest BCUT2D eigenvalue weighted by Crippen LogP contribution is 2.31. The molecule has 0 bridgehead atoms. The summed E-state index contributed by atoms with van der Waals surface area (Å²) in [5.74, 6) is 0.104. The molecule has 1 N–H and O–H groups in total. The molecular formula is C16H16O3. The number of aromatic carboxylic acids is 1. The van der Waals surface area contributed by atoms with Crippen molar-refractivity contribution in [3.05, 3.63) is 58.7 Å². The zero-order chi connectivity index (χ0) is 14.0. The molecule has 0 saturated carbocycles. The number of aryl methyl sites for hydroxylation is 3. The second kappa shape index (κ2) is 5.14. The molecule has 0 aliphatic rings. The molecule has 2 aromatic rings. The van der Waals surface area contributed by atoms with Crippen molar-refractivity contribution >= 4 is 5.97 Å². The first-order valence-corrected chi connectivity index (χ1v) is 6.07. The van der Waals surface area contributed by atoms with Crippen molar-refractivity contribution in [1.82, 2.24) is 0 Å². The molecule has 0 saturated heterocycles. The van der Waals surface area contributed by atoms with E-state index in [2.05, 4.69) is 0 Å². The second-order valence-corrected chi connectivity index (χ2v) is 4.63. The first-order valence-electron chi connectivity index (χ1n) is 6.07. The van der Waals surface area contributed by atoms with Gasteiger partial charge in [-0.05, 0) is 44.0 Å². The highest BCUT2D eigenvalue weighted by Gasteiger charge is 2.14. The maximum absolute atomic E-state index is 11.2. The van der Waals surface area contributed by atoms with Crippen LogP contribution < -0.4 is 4.74 Å². The van der Waals surface area contributed by atoms with Gasteiger partial charge in [0, 0.05) is 0 Å². The molecule has 0 radical (unpaired) electrons. The van der Waals surface area contributed by atoms with Crippen molar-refractivity contribution in [1.29, 1.82) is 0 Å². The maximum Gasteiger partial charge on any atom is 0.339 e. The van der Waals surface area contributed by atoms with E-state index in [9.17, 15) is 9.90 Å². The molecule has 0 amide bonds. The van der Waals surface area contributed by atoms with Crippen molar-refractivity contribution in [2.75, 3.05) is 0 Å². The van der Waals surface area contributed by atoms with E-state index in [-0.39, 0.29) is 5.56 Å².